The van der Waals surface area contributed by atoms with Gasteiger partial charge in [0.05, 0.1) is 16.1 Å². The molecule has 0 fully saturated rings. The summed E-state index contributed by atoms with van der Waals surface area (Å²) in [6.07, 6.45) is -2.84. The Labute approximate surface area is 193 Å². The topological polar surface area (TPSA) is 72.9 Å². The van der Waals surface area contributed by atoms with Crippen LogP contribution in [0.2, 0.25) is 5.15 Å². The molecule has 0 spiro atoms. The second-order valence-corrected chi connectivity index (χ2v) is 8.73. The number of carbonyl (C=O) groups is 1. The second-order valence-electron chi connectivity index (χ2n) is 7.46. The normalized spacial score (nSPS) is 12.7. The van der Waals surface area contributed by atoms with Crippen molar-refractivity contribution in [2.45, 2.75) is 38.4 Å². The number of nitrogens with one attached hydrogen (secondary N) is 1. The van der Waals surface area contributed by atoms with Gasteiger partial charge in [0, 0.05) is 36.1 Å². The van der Waals surface area contributed by atoms with E-state index in [0.29, 0.717) is 10.0 Å². The Hall–Kier alpha value is -2.36. The van der Waals surface area contributed by atoms with E-state index in [9.17, 15) is 18.0 Å². The zero-order chi connectivity index (χ0) is 23.5. The standard InChI is InChI=1S/C22H24ClF3N4OS/c1-3-6-16-19(30(2)29-20(16)23)14-10-18(32-12-14)21(31)28-15(11-27)9-13-7-4-5-8-17(13)22(24,25)26/h4-5,7-8,10,12,15H,3,6,9,11,27H2,1-2H3,(H,28,31)/t15-/m0/s1. The number of aryl methyl sites for hydroxylation is 1. The number of aromatic nitrogens is 2. The highest BCUT2D eigenvalue weighted by molar-refractivity contribution is 7.12. The first-order valence-corrected chi connectivity index (χ1v) is 11.4. The second kappa shape index (κ2) is 10.1. The minimum atomic E-state index is -4.47. The number of benzene rings is 1. The van der Waals surface area contributed by atoms with Crippen LogP contribution in [0.5, 0.6) is 0 Å². The maximum atomic E-state index is 13.3. The predicted octanol–water partition coefficient (Wildman–Crippen LogP) is 5.07. The minimum absolute atomic E-state index is 0.00809. The van der Waals surface area contributed by atoms with Gasteiger partial charge in [-0.1, -0.05) is 43.1 Å². The van der Waals surface area contributed by atoms with Crippen molar-refractivity contribution in [3.8, 4) is 11.3 Å². The number of nitrogens with two attached hydrogens (primary N) is 1. The molecule has 1 amide bonds. The van der Waals surface area contributed by atoms with Crippen molar-refractivity contribution in [1.29, 1.82) is 0 Å². The molecule has 2 aromatic heterocycles. The smallest absolute Gasteiger partial charge is 0.347 e. The van der Waals surface area contributed by atoms with Crippen LogP contribution in [-0.2, 0) is 26.1 Å². The molecule has 5 nitrogen and oxygen atoms in total. The van der Waals surface area contributed by atoms with E-state index in [2.05, 4.69) is 10.4 Å². The molecule has 0 saturated carbocycles. The molecule has 10 heteroatoms. The van der Waals surface area contributed by atoms with Gasteiger partial charge in [-0.05, 0) is 30.5 Å². The zero-order valence-electron chi connectivity index (χ0n) is 17.7. The number of carbonyl (C=O) groups excluding carboxylic acids is 1. The Morgan fingerprint density at radius 3 is 2.72 bits per heavy atom. The molecule has 0 aliphatic carbocycles. The number of nitrogens with zero attached hydrogens (tertiary/aromatic N) is 2. The van der Waals surface area contributed by atoms with Gasteiger partial charge in [-0.2, -0.15) is 18.3 Å². The van der Waals surface area contributed by atoms with Crippen molar-refractivity contribution >= 4 is 28.8 Å². The summed E-state index contributed by atoms with van der Waals surface area (Å²) >= 11 is 7.50. The van der Waals surface area contributed by atoms with Gasteiger partial charge in [-0.3, -0.25) is 9.48 Å². The van der Waals surface area contributed by atoms with Crippen LogP contribution in [0.15, 0.2) is 35.7 Å². The Morgan fingerprint density at radius 1 is 1.34 bits per heavy atom. The third-order valence-electron chi connectivity index (χ3n) is 5.10. The molecule has 0 bridgehead atoms. The molecule has 0 aliphatic heterocycles. The molecule has 3 N–H and O–H groups in total. The van der Waals surface area contributed by atoms with Crippen molar-refractivity contribution in [3.05, 3.63) is 62.4 Å². The highest BCUT2D eigenvalue weighted by Gasteiger charge is 2.33. The quantitative estimate of drug-likeness (QED) is 0.468. The van der Waals surface area contributed by atoms with Crippen LogP contribution in [0, 0.1) is 0 Å². The number of rotatable bonds is 8. The van der Waals surface area contributed by atoms with Crippen LogP contribution in [0.4, 0.5) is 13.2 Å². The molecule has 0 radical (unpaired) electrons. The average Bonchev–Trinajstić information content (AvgIpc) is 3.32. The minimum Gasteiger partial charge on any atom is -0.347 e. The number of hydrogen-bond acceptors (Lipinski definition) is 4. The largest absolute Gasteiger partial charge is 0.416 e. The Morgan fingerprint density at radius 2 is 2.06 bits per heavy atom. The first-order valence-electron chi connectivity index (χ1n) is 10.1. The lowest BCUT2D eigenvalue weighted by atomic mass is 9.99. The summed E-state index contributed by atoms with van der Waals surface area (Å²) in [5.41, 5.74) is 7.72. The van der Waals surface area contributed by atoms with Crippen LogP contribution in [0.1, 0.15) is 39.7 Å². The molecule has 172 valence electrons. The summed E-state index contributed by atoms with van der Waals surface area (Å²) < 4.78 is 41.5. The van der Waals surface area contributed by atoms with Gasteiger partial charge in [-0.15, -0.1) is 11.3 Å². The van der Waals surface area contributed by atoms with Gasteiger partial charge in [0.15, 0.2) is 5.15 Å². The summed E-state index contributed by atoms with van der Waals surface area (Å²) in [4.78, 5) is 13.2. The molecule has 32 heavy (non-hydrogen) atoms. The number of alkyl halides is 3. The van der Waals surface area contributed by atoms with E-state index >= 15 is 0 Å². The molecule has 3 rings (SSSR count). The van der Waals surface area contributed by atoms with Crippen molar-refractivity contribution in [2.75, 3.05) is 6.54 Å². The molecule has 0 saturated heterocycles. The third-order valence-corrected chi connectivity index (χ3v) is 6.33. The summed E-state index contributed by atoms with van der Waals surface area (Å²) in [5.74, 6) is -0.383. The van der Waals surface area contributed by atoms with E-state index in [1.165, 1.54) is 23.5 Å². The van der Waals surface area contributed by atoms with Crippen molar-refractivity contribution < 1.29 is 18.0 Å². The van der Waals surface area contributed by atoms with E-state index in [-0.39, 0.29) is 24.4 Å². The van der Waals surface area contributed by atoms with Crippen LogP contribution in [0.25, 0.3) is 11.3 Å². The molecule has 3 aromatic rings. The van der Waals surface area contributed by atoms with Gasteiger partial charge in [0.1, 0.15) is 0 Å². The maximum absolute atomic E-state index is 13.3. The molecule has 1 atom stereocenters. The van der Waals surface area contributed by atoms with Crippen LogP contribution in [0.3, 0.4) is 0 Å². The van der Waals surface area contributed by atoms with Crippen molar-refractivity contribution in [1.82, 2.24) is 15.1 Å². The predicted molar refractivity (Wildman–Crippen MR) is 121 cm³/mol. The fourth-order valence-corrected chi connectivity index (χ4v) is 4.73. The van der Waals surface area contributed by atoms with Gasteiger partial charge in [0.2, 0.25) is 0 Å². The van der Waals surface area contributed by atoms with E-state index in [1.54, 1.807) is 23.9 Å². The molecule has 0 unspecified atom stereocenters. The summed E-state index contributed by atoms with van der Waals surface area (Å²) in [6.45, 7) is 2.05. The average molecular weight is 485 g/mol. The fourth-order valence-electron chi connectivity index (χ4n) is 3.64. The monoisotopic (exact) mass is 484 g/mol. The van der Waals surface area contributed by atoms with Crippen LogP contribution in [-0.4, -0.2) is 28.3 Å². The van der Waals surface area contributed by atoms with E-state index in [0.717, 1.165) is 35.7 Å². The van der Waals surface area contributed by atoms with Crippen molar-refractivity contribution in [2.24, 2.45) is 12.8 Å². The molecule has 0 aliphatic rings. The number of thiophene rings is 1. The maximum Gasteiger partial charge on any atom is 0.416 e. The van der Waals surface area contributed by atoms with Crippen molar-refractivity contribution in [3.63, 3.8) is 0 Å². The molecule has 1 aromatic carbocycles. The third kappa shape index (κ3) is 5.33. The number of hydrogen-bond donors (Lipinski definition) is 2. The first-order chi connectivity index (χ1) is 15.2. The lowest BCUT2D eigenvalue weighted by Gasteiger charge is -2.19. The Bertz CT molecular complexity index is 1090. The van der Waals surface area contributed by atoms with E-state index in [1.807, 2.05) is 12.3 Å². The first kappa shape index (κ1) is 24.3. The van der Waals surface area contributed by atoms with E-state index in [4.69, 9.17) is 17.3 Å². The molecular weight excluding hydrogens is 461 g/mol. The summed E-state index contributed by atoms with van der Waals surface area (Å²) in [6, 6.07) is 6.42. The Kier molecular flexibility index (Phi) is 7.63. The molecule has 2 heterocycles. The number of amides is 1. The zero-order valence-corrected chi connectivity index (χ0v) is 19.2. The lowest BCUT2D eigenvalue weighted by Crippen LogP contribution is -2.41. The van der Waals surface area contributed by atoms with E-state index < -0.39 is 17.8 Å². The SMILES string of the molecule is CCCc1c(Cl)nn(C)c1-c1csc(C(=O)N[C@H](CN)Cc2ccccc2C(F)(F)F)c1. The van der Waals surface area contributed by atoms with Gasteiger partial charge >= 0.3 is 6.18 Å². The fraction of sp³-hybridized carbons (Fsp3) is 0.364. The van der Waals surface area contributed by atoms with Gasteiger partial charge in [0.25, 0.3) is 5.91 Å². The highest BCUT2D eigenvalue weighted by Crippen LogP contribution is 2.34. The highest BCUT2D eigenvalue weighted by atomic mass is 35.5. The number of halogens is 4. The molecular formula is C22H24ClF3N4OS. The summed E-state index contributed by atoms with van der Waals surface area (Å²) in [5, 5.41) is 9.32. The Balaban J connectivity index is 1.78. The van der Waals surface area contributed by atoms with Gasteiger partial charge < -0.3 is 11.1 Å². The lowest BCUT2D eigenvalue weighted by molar-refractivity contribution is -0.138. The van der Waals surface area contributed by atoms with Gasteiger partial charge in [-0.25, -0.2) is 0 Å². The van der Waals surface area contributed by atoms with Crippen LogP contribution >= 0.6 is 22.9 Å². The summed E-state index contributed by atoms with van der Waals surface area (Å²) in [7, 11) is 1.79. The van der Waals surface area contributed by atoms with Crippen LogP contribution < -0.4 is 11.1 Å².